The topological polar surface area (TPSA) is 42.7 Å². The first kappa shape index (κ1) is 13.5. The van der Waals surface area contributed by atoms with Gasteiger partial charge in [0.25, 0.3) is 0 Å². The Hall–Kier alpha value is -0.900. The molecule has 1 unspecified atom stereocenters. The van der Waals surface area contributed by atoms with Crippen LogP contribution in [0.5, 0.6) is 0 Å². The van der Waals surface area contributed by atoms with Gasteiger partial charge in [-0.1, -0.05) is 19.8 Å². The van der Waals surface area contributed by atoms with Crippen molar-refractivity contribution in [3.8, 4) is 0 Å². The first-order valence-corrected chi connectivity index (χ1v) is 7.32. The first-order chi connectivity index (χ1) is 8.70. The zero-order valence-corrected chi connectivity index (χ0v) is 11.9. The van der Waals surface area contributed by atoms with E-state index in [4.69, 9.17) is 0 Å². The first-order valence-electron chi connectivity index (χ1n) is 7.32. The Balaban J connectivity index is 2.01. The van der Waals surface area contributed by atoms with Gasteiger partial charge in [0, 0.05) is 6.04 Å². The molecular formula is C14H26N4. The van der Waals surface area contributed by atoms with Crippen LogP contribution in [0, 0.1) is 19.8 Å². The van der Waals surface area contributed by atoms with Crippen LogP contribution in [0.25, 0.3) is 0 Å². The molecule has 0 spiro atoms. The average molecular weight is 250 g/mol. The van der Waals surface area contributed by atoms with E-state index in [1.54, 1.807) is 0 Å². The molecule has 1 aliphatic carbocycles. The van der Waals surface area contributed by atoms with Crippen molar-refractivity contribution in [3.63, 3.8) is 0 Å². The van der Waals surface area contributed by atoms with Crippen LogP contribution in [0.15, 0.2) is 0 Å². The fourth-order valence-corrected chi connectivity index (χ4v) is 2.99. The molecular weight excluding hydrogens is 224 g/mol. The Bertz CT molecular complexity index is 366. The summed E-state index contributed by atoms with van der Waals surface area (Å²) in [5, 5.41) is 8.20. The maximum atomic E-state index is 4.50. The van der Waals surface area contributed by atoms with Crippen molar-refractivity contribution < 1.29 is 0 Å². The van der Waals surface area contributed by atoms with E-state index >= 15 is 0 Å². The van der Waals surface area contributed by atoms with Gasteiger partial charge in [0.1, 0.15) is 11.6 Å². The summed E-state index contributed by atoms with van der Waals surface area (Å²) in [6.45, 7) is 8.31. The summed E-state index contributed by atoms with van der Waals surface area (Å²) in [5.41, 5.74) is 0. The molecule has 0 aliphatic heterocycles. The predicted molar refractivity (Wildman–Crippen MR) is 73.5 cm³/mol. The molecule has 0 aromatic carbocycles. The molecule has 4 nitrogen and oxygen atoms in total. The molecule has 4 heteroatoms. The molecule has 0 amide bonds. The van der Waals surface area contributed by atoms with E-state index in [2.05, 4.69) is 27.0 Å². The molecule has 0 radical (unpaired) electrons. The second kappa shape index (κ2) is 6.32. The third-order valence-electron chi connectivity index (χ3n) is 3.96. The molecule has 0 bridgehead atoms. The van der Waals surface area contributed by atoms with Crippen molar-refractivity contribution in [3.05, 3.63) is 11.6 Å². The molecule has 1 atom stereocenters. The largest absolute Gasteiger partial charge is 0.312 e. The summed E-state index contributed by atoms with van der Waals surface area (Å²) in [5.74, 6) is 2.74. The van der Waals surface area contributed by atoms with E-state index in [1.807, 2.05) is 13.8 Å². The van der Waals surface area contributed by atoms with Gasteiger partial charge < -0.3 is 5.32 Å². The molecule has 2 rings (SSSR count). The number of aryl methyl sites for hydroxylation is 2. The lowest BCUT2D eigenvalue weighted by Crippen LogP contribution is -2.39. The average Bonchev–Trinajstić information content (AvgIpc) is 2.95. The second-order valence-electron chi connectivity index (χ2n) is 5.49. The van der Waals surface area contributed by atoms with E-state index in [-0.39, 0.29) is 0 Å². The molecule has 1 heterocycles. The minimum absolute atomic E-state index is 0.562. The van der Waals surface area contributed by atoms with E-state index in [1.165, 1.54) is 32.1 Å². The van der Waals surface area contributed by atoms with Crippen molar-refractivity contribution in [1.29, 1.82) is 0 Å². The summed E-state index contributed by atoms with van der Waals surface area (Å²) < 4.78 is 2.07. The maximum absolute atomic E-state index is 4.50. The SMILES string of the molecule is CCCNC(Cn1nc(C)nc1C)C1CCCC1. The fourth-order valence-electron chi connectivity index (χ4n) is 2.99. The van der Waals surface area contributed by atoms with Gasteiger partial charge in [-0.25, -0.2) is 9.67 Å². The quantitative estimate of drug-likeness (QED) is 0.843. The van der Waals surface area contributed by atoms with Crippen LogP contribution in [0.1, 0.15) is 50.7 Å². The highest BCUT2D eigenvalue weighted by Gasteiger charge is 2.25. The lowest BCUT2D eigenvalue weighted by atomic mass is 9.98. The zero-order chi connectivity index (χ0) is 13.0. The van der Waals surface area contributed by atoms with Gasteiger partial charge in [0.05, 0.1) is 6.54 Å². The summed E-state index contributed by atoms with van der Waals surface area (Å²) in [4.78, 5) is 4.40. The van der Waals surface area contributed by atoms with E-state index in [0.29, 0.717) is 6.04 Å². The molecule has 18 heavy (non-hydrogen) atoms. The number of hydrogen-bond acceptors (Lipinski definition) is 3. The molecule has 1 aliphatic rings. The van der Waals surface area contributed by atoms with Gasteiger partial charge in [-0.2, -0.15) is 5.10 Å². The highest BCUT2D eigenvalue weighted by atomic mass is 15.3. The van der Waals surface area contributed by atoms with Crippen molar-refractivity contribution >= 4 is 0 Å². The lowest BCUT2D eigenvalue weighted by Gasteiger charge is -2.25. The lowest BCUT2D eigenvalue weighted by molar-refractivity contribution is 0.309. The van der Waals surface area contributed by atoms with Gasteiger partial charge in [0.15, 0.2) is 0 Å². The molecule has 1 N–H and O–H groups in total. The predicted octanol–water partition coefficient (Wildman–Crippen LogP) is 2.45. The molecule has 1 aromatic heterocycles. The van der Waals surface area contributed by atoms with Crippen molar-refractivity contribution in [1.82, 2.24) is 20.1 Å². The monoisotopic (exact) mass is 250 g/mol. The van der Waals surface area contributed by atoms with Gasteiger partial charge in [-0.05, 0) is 45.6 Å². The highest BCUT2D eigenvalue weighted by Crippen LogP contribution is 2.28. The number of rotatable bonds is 6. The third kappa shape index (κ3) is 3.31. The summed E-state index contributed by atoms with van der Waals surface area (Å²) in [6.07, 6.45) is 6.72. The third-order valence-corrected chi connectivity index (χ3v) is 3.96. The van der Waals surface area contributed by atoms with Crippen molar-refractivity contribution in [2.75, 3.05) is 6.54 Å². The van der Waals surface area contributed by atoms with Crippen LogP contribution in [-0.2, 0) is 6.54 Å². The smallest absolute Gasteiger partial charge is 0.147 e. The summed E-state index contributed by atoms with van der Waals surface area (Å²) in [7, 11) is 0. The van der Waals surface area contributed by atoms with E-state index in [9.17, 15) is 0 Å². The Kier molecular flexibility index (Phi) is 4.75. The van der Waals surface area contributed by atoms with Gasteiger partial charge in [0.2, 0.25) is 0 Å². The Labute approximate surface area is 110 Å². The molecule has 102 valence electrons. The van der Waals surface area contributed by atoms with Crippen LogP contribution in [0.4, 0.5) is 0 Å². The van der Waals surface area contributed by atoms with Crippen LogP contribution < -0.4 is 5.32 Å². The van der Waals surface area contributed by atoms with Crippen LogP contribution in [0.3, 0.4) is 0 Å². The number of aromatic nitrogens is 3. The Morgan fingerprint density at radius 3 is 2.61 bits per heavy atom. The minimum Gasteiger partial charge on any atom is -0.312 e. The normalized spacial score (nSPS) is 18.4. The maximum Gasteiger partial charge on any atom is 0.147 e. The van der Waals surface area contributed by atoms with Gasteiger partial charge in [-0.15, -0.1) is 0 Å². The highest BCUT2D eigenvalue weighted by molar-refractivity contribution is 4.90. The van der Waals surface area contributed by atoms with Gasteiger partial charge in [-0.3, -0.25) is 0 Å². The number of hydrogen-bond donors (Lipinski definition) is 1. The van der Waals surface area contributed by atoms with Gasteiger partial charge >= 0.3 is 0 Å². The van der Waals surface area contributed by atoms with Crippen LogP contribution in [-0.4, -0.2) is 27.4 Å². The second-order valence-corrected chi connectivity index (χ2v) is 5.49. The number of nitrogens with zero attached hydrogens (tertiary/aromatic N) is 3. The standard InChI is InChI=1S/C14H26N4/c1-4-9-15-14(13-7-5-6-8-13)10-18-12(3)16-11(2)17-18/h13-15H,4-10H2,1-3H3. The van der Waals surface area contributed by atoms with Crippen molar-refractivity contribution in [2.45, 2.75) is 65.5 Å². The summed E-state index contributed by atoms with van der Waals surface area (Å²) in [6, 6.07) is 0.562. The fraction of sp³-hybridized carbons (Fsp3) is 0.857. The van der Waals surface area contributed by atoms with E-state index in [0.717, 1.165) is 30.7 Å². The van der Waals surface area contributed by atoms with Crippen molar-refractivity contribution in [2.24, 2.45) is 5.92 Å². The van der Waals surface area contributed by atoms with Crippen LogP contribution >= 0.6 is 0 Å². The van der Waals surface area contributed by atoms with E-state index < -0.39 is 0 Å². The zero-order valence-electron chi connectivity index (χ0n) is 11.9. The van der Waals surface area contributed by atoms with Crippen LogP contribution in [0.2, 0.25) is 0 Å². The minimum atomic E-state index is 0.562. The summed E-state index contributed by atoms with van der Waals surface area (Å²) >= 11 is 0. The Morgan fingerprint density at radius 2 is 2.06 bits per heavy atom. The molecule has 1 fully saturated rings. The molecule has 0 saturated heterocycles. The Morgan fingerprint density at radius 1 is 1.33 bits per heavy atom. The molecule has 1 aromatic rings. The molecule has 1 saturated carbocycles. The number of nitrogens with one attached hydrogen (secondary N) is 1.